The van der Waals surface area contributed by atoms with E-state index < -0.39 is 34.1 Å². The number of para-hydroxylation sites is 2. The van der Waals surface area contributed by atoms with Crippen LogP contribution < -0.4 is 14.4 Å². The van der Waals surface area contributed by atoms with E-state index in [1.807, 2.05) is 65.8 Å². The van der Waals surface area contributed by atoms with Gasteiger partial charge in [0.15, 0.2) is 0 Å². The largest absolute Gasteiger partial charge is 0.492 e. The third-order valence-electron chi connectivity index (χ3n) is 6.53. The molecule has 1 N–H and O–H groups in total. The van der Waals surface area contributed by atoms with Crippen LogP contribution in [0.25, 0.3) is 0 Å². The molecule has 0 saturated carbocycles. The molecule has 0 spiro atoms. The maximum absolute atomic E-state index is 14.3. The average molecular weight is 580 g/mol. The lowest BCUT2D eigenvalue weighted by Gasteiger charge is -2.35. The highest BCUT2D eigenvalue weighted by molar-refractivity contribution is 7.92. The van der Waals surface area contributed by atoms with Crippen molar-refractivity contribution in [2.45, 2.75) is 71.0 Å². The number of carbonyl (C=O) groups is 2. The van der Waals surface area contributed by atoms with Gasteiger partial charge >= 0.3 is 0 Å². The number of nitrogens with zero attached hydrogens (tertiary/aromatic N) is 2. The van der Waals surface area contributed by atoms with E-state index >= 15 is 0 Å². The second-order valence-corrected chi connectivity index (χ2v) is 12.7. The number of carbonyl (C=O) groups excluding carboxylic acids is 2. The van der Waals surface area contributed by atoms with Gasteiger partial charge in [-0.3, -0.25) is 13.9 Å². The van der Waals surface area contributed by atoms with Crippen LogP contribution in [-0.2, 0) is 26.2 Å². The maximum Gasteiger partial charge on any atom is 0.264 e. The highest BCUT2D eigenvalue weighted by atomic mass is 32.2. The standard InChI is InChI=1S/C32H41N3O5S/c1-7-27(31(37)33-32(4,5)6)34(22-25-17-13-12-16-24(25)3)30(36)23-35(28-20-14-15-21-29(28)40-8-2)41(38,39)26-18-10-9-11-19-26/h9-21,27H,7-8,22-23H2,1-6H3,(H,33,37). The monoisotopic (exact) mass is 579 g/mol. The Morgan fingerprint density at radius 3 is 2.12 bits per heavy atom. The lowest BCUT2D eigenvalue weighted by atomic mass is 10.0. The van der Waals surface area contributed by atoms with Crippen molar-refractivity contribution < 1.29 is 22.7 Å². The molecule has 220 valence electrons. The first-order valence-electron chi connectivity index (χ1n) is 13.8. The van der Waals surface area contributed by atoms with E-state index in [1.165, 1.54) is 17.0 Å². The fraction of sp³-hybridized carbons (Fsp3) is 0.375. The van der Waals surface area contributed by atoms with Crippen molar-refractivity contribution in [2.24, 2.45) is 0 Å². The molecule has 1 unspecified atom stereocenters. The number of anilines is 1. The number of amides is 2. The van der Waals surface area contributed by atoms with Gasteiger partial charge in [0.2, 0.25) is 11.8 Å². The third-order valence-corrected chi connectivity index (χ3v) is 8.30. The molecule has 3 aromatic rings. The number of ether oxygens (including phenoxy) is 1. The minimum atomic E-state index is -4.18. The minimum Gasteiger partial charge on any atom is -0.492 e. The van der Waals surface area contributed by atoms with Crippen LogP contribution >= 0.6 is 0 Å². The summed E-state index contributed by atoms with van der Waals surface area (Å²) in [4.78, 5) is 29.3. The van der Waals surface area contributed by atoms with Gasteiger partial charge in [0.25, 0.3) is 10.0 Å². The zero-order valence-electron chi connectivity index (χ0n) is 24.8. The van der Waals surface area contributed by atoms with Gasteiger partial charge in [-0.1, -0.05) is 61.5 Å². The zero-order valence-corrected chi connectivity index (χ0v) is 25.6. The molecule has 0 saturated heterocycles. The summed E-state index contributed by atoms with van der Waals surface area (Å²) in [5.74, 6) is -0.464. The smallest absolute Gasteiger partial charge is 0.264 e. The van der Waals surface area contributed by atoms with Crippen LogP contribution in [0.4, 0.5) is 5.69 Å². The van der Waals surface area contributed by atoms with Gasteiger partial charge in [-0.05, 0) is 76.4 Å². The SMILES string of the molecule is CCOc1ccccc1N(CC(=O)N(Cc1ccccc1C)C(CC)C(=O)NC(C)(C)C)S(=O)(=O)c1ccccc1. The lowest BCUT2D eigenvalue weighted by molar-refractivity contribution is -0.141. The van der Waals surface area contributed by atoms with Crippen LogP contribution in [0.3, 0.4) is 0 Å². The zero-order chi connectivity index (χ0) is 30.2. The van der Waals surface area contributed by atoms with Crippen molar-refractivity contribution in [3.63, 3.8) is 0 Å². The number of nitrogens with one attached hydrogen (secondary N) is 1. The molecule has 0 fully saturated rings. The van der Waals surface area contributed by atoms with Gasteiger partial charge in [0.05, 0.1) is 17.2 Å². The molecule has 0 aliphatic rings. The predicted octanol–water partition coefficient (Wildman–Crippen LogP) is 5.31. The topological polar surface area (TPSA) is 96.0 Å². The van der Waals surface area contributed by atoms with Crippen molar-refractivity contribution in [2.75, 3.05) is 17.5 Å². The van der Waals surface area contributed by atoms with Gasteiger partial charge < -0.3 is 15.0 Å². The van der Waals surface area contributed by atoms with Crippen LogP contribution in [0.5, 0.6) is 5.75 Å². The molecule has 0 bridgehead atoms. The first-order chi connectivity index (χ1) is 19.4. The summed E-state index contributed by atoms with van der Waals surface area (Å²) < 4.78 is 34.9. The Hall–Kier alpha value is -3.85. The van der Waals surface area contributed by atoms with Crippen molar-refractivity contribution in [3.05, 3.63) is 90.0 Å². The van der Waals surface area contributed by atoms with E-state index in [0.29, 0.717) is 18.8 Å². The summed E-state index contributed by atoms with van der Waals surface area (Å²) in [5.41, 5.74) is 1.57. The molecule has 41 heavy (non-hydrogen) atoms. The normalized spacial score (nSPS) is 12.3. The van der Waals surface area contributed by atoms with E-state index in [-0.39, 0.29) is 23.0 Å². The Morgan fingerprint density at radius 1 is 0.902 bits per heavy atom. The van der Waals surface area contributed by atoms with Gasteiger partial charge in [-0.15, -0.1) is 0 Å². The highest BCUT2D eigenvalue weighted by Crippen LogP contribution is 2.33. The first kappa shape index (κ1) is 31.7. The lowest BCUT2D eigenvalue weighted by Crippen LogP contribution is -2.55. The van der Waals surface area contributed by atoms with Gasteiger partial charge in [-0.2, -0.15) is 0 Å². The predicted molar refractivity (Wildman–Crippen MR) is 162 cm³/mol. The average Bonchev–Trinajstić information content (AvgIpc) is 2.92. The van der Waals surface area contributed by atoms with E-state index in [9.17, 15) is 18.0 Å². The van der Waals surface area contributed by atoms with E-state index in [1.54, 1.807) is 42.5 Å². The summed E-state index contributed by atoms with van der Waals surface area (Å²) in [6, 6.07) is 21.6. The number of hydrogen-bond acceptors (Lipinski definition) is 5. The molecule has 0 heterocycles. The van der Waals surface area contributed by atoms with Crippen LogP contribution in [0.2, 0.25) is 0 Å². The van der Waals surface area contributed by atoms with E-state index in [0.717, 1.165) is 15.4 Å². The van der Waals surface area contributed by atoms with Gasteiger partial charge in [0, 0.05) is 12.1 Å². The summed E-state index contributed by atoms with van der Waals surface area (Å²) >= 11 is 0. The number of rotatable bonds is 12. The summed E-state index contributed by atoms with van der Waals surface area (Å²) in [6.45, 7) is 11.2. The van der Waals surface area contributed by atoms with Crippen molar-refractivity contribution in [1.29, 1.82) is 0 Å². The number of hydrogen-bond donors (Lipinski definition) is 1. The molecule has 3 aromatic carbocycles. The van der Waals surface area contributed by atoms with E-state index in [4.69, 9.17) is 4.74 Å². The molecule has 0 aliphatic carbocycles. The van der Waals surface area contributed by atoms with Crippen LogP contribution in [-0.4, -0.2) is 49.9 Å². The maximum atomic E-state index is 14.3. The fourth-order valence-corrected chi connectivity index (χ4v) is 5.96. The van der Waals surface area contributed by atoms with E-state index in [2.05, 4.69) is 5.32 Å². The molecule has 8 nitrogen and oxygen atoms in total. The van der Waals surface area contributed by atoms with Crippen LogP contribution in [0.1, 0.15) is 52.2 Å². The summed E-state index contributed by atoms with van der Waals surface area (Å²) in [6.07, 6.45) is 0.348. The summed E-state index contributed by atoms with van der Waals surface area (Å²) in [7, 11) is -4.18. The Labute approximate surface area is 244 Å². The minimum absolute atomic E-state index is 0.0436. The molecule has 3 rings (SSSR count). The third kappa shape index (κ3) is 8.10. The fourth-order valence-electron chi connectivity index (χ4n) is 4.52. The van der Waals surface area contributed by atoms with Crippen molar-refractivity contribution in [3.8, 4) is 5.75 Å². The van der Waals surface area contributed by atoms with Crippen molar-refractivity contribution in [1.82, 2.24) is 10.2 Å². The molecular weight excluding hydrogens is 538 g/mol. The number of benzene rings is 3. The molecular formula is C32H41N3O5S. The van der Waals surface area contributed by atoms with Crippen LogP contribution in [0.15, 0.2) is 83.8 Å². The highest BCUT2D eigenvalue weighted by Gasteiger charge is 2.35. The summed E-state index contributed by atoms with van der Waals surface area (Å²) in [5, 5.41) is 2.99. The molecule has 0 aromatic heterocycles. The molecule has 0 radical (unpaired) electrons. The second kappa shape index (κ2) is 13.7. The quantitative estimate of drug-likeness (QED) is 0.314. The number of aryl methyl sites for hydroxylation is 1. The Balaban J connectivity index is 2.12. The Kier molecular flexibility index (Phi) is 10.6. The first-order valence-corrected chi connectivity index (χ1v) is 15.3. The Morgan fingerprint density at radius 2 is 1.51 bits per heavy atom. The van der Waals surface area contributed by atoms with Gasteiger partial charge in [-0.25, -0.2) is 8.42 Å². The Bertz CT molecular complexity index is 1430. The second-order valence-electron chi connectivity index (χ2n) is 10.8. The molecule has 9 heteroatoms. The molecule has 0 aliphatic heterocycles. The van der Waals surface area contributed by atoms with Crippen molar-refractivity contribution >= 4 is 27.5 Å². The van der Waals surface area contributed by atoms with Crippen LogP contribution in [0, 0.1) is 6.92 Å². The molecule has 2 amide bonds. The van der Waals surface area contributed by atoms with Gasteiger partial charge in [0.1, 0.15) is 18.3 Å². The molecule has 1 atom stereocenters. The number of sulfonamides is 1.